The van der Waals surface area contributed by atoms with E-state index in [2.05, 4.69) is 22.1 Å². The smallest absolute Gasteiger partial charge is 0.202 e. The second kappa shape index (κ2) is 6.06. The van der Waals surface area contributed by atoms with Crippen LogP contribution in [0.3, 0.4) is 0 Å². The average molecular weight is 231 g/mol. The third-order valence-corrected chi connectivity index (χ3v) is 2.53. The molecule has 0 fully saturated rings. The Balaban J connectivity index is 1.67. The first-order chi connectivity index (χ1) is 8.36. The van der Waals surface area contributed by atoms with E-state index in [9.17, 15) is 0 Å². The highest BCUT2D eigenvalue weighted by Gasteiger charge is 2.01. The number of hydrogen-bond donors (Lipinski definition) is 1. The van der Waals surface area contributed by atoms with Gasteiger partial charge in [-0.15, -0.1) is 0 Å². The summed E-state index contributed by atoms with van der Waals surface area (Å²) in [7, 11) is 1.99. The van der Waals surface area contributed by atoms with Crippen molar-refractivity contribution in [3.8, 4) is 0 Å². The van der Waals surface area contributed by atoms with E-state index in [1.54, 1.807) is 6.20 Å². The van der Waals surface area contributed by atoms with Gasteiger partial charge in [-0.3, -0.25) is 0 Å². The van der Waals surface area contributed by atoms with Crippen molar-refractivity contribution < 1.29 is 4.74 Å². The maximum atomic E-state index is 5.61. The maximum Gasteiger partial charge on any atom is 0.202 e. The molecule has 1 aromatic heterocycles. The van der Waals surface area contributed by atoms with E-state index in [0.29, 0.717) is 13.2 Å². The van der Waals surface area contributed by atoms with Gasteiger partial charge in [-0.1, -0.05) is 30.3 Å². The van der Waals surface area contributed by atoms with E-state index < -0.39 is 0 Å². The van der Waals surface area contributed by atoms with E-state index in [1.165, 1.54) is 5.56 Å². The molecule has 1 N–H and O–H groups in total. The zero-order chi connectivity index (χ0) is 11.9. The van der Waals surface area contributed by atoms with Gasteiger partial charge in [0.05, 0.1) is 13.2 Å². The lowest BCUT2D eigenvalue weighted by molar-refractivity contribution is 0.127. The first-order valence-corrected chi connectivity index (χ1v) is 5.68. The molecule has 0 radical (unpaired) electrons. The van der Waals surface area contributed by atoms with Crippen molar-refractivity contribution >= 4 is 5.95 Å². The molecule has 0 saturated heterocycles. The molecule has 0 bridgehead atoms. The summed E-state index contributed by atoms with van der Waals surface area (Å²) >= 11 is 0. The molecule has 0 aliphatic rings. The molecule has 0 aliphatic carbocycles. The van der Waals surface area contributed by atoms with Crippen molar-refractivity contribution in [2.45, 2.75) is 6.61 Å². The van der Waals surface area contributed by atoms with Crippen LogP contribution in [-0.4, -0.2) is 30.2 Å². The Morgan fingerprint density at radius 2 is 2.12 bits per heavy atom. The standard InChI is InChI=1S/C13H17N3O/c1-16(13-14-7-8-15-13)9-10-17-11-12-5-3-2-4-6-12/h2-8H,9-11H2,1H3,(H,14,15). The number of nitrogens with one attached hydrogen (secondary N) is 1. The molecule has 4 heteroatoms. The minimum atomic E-state index is 0.660. The molecule has 2 rings (SSSR count). The molecular formula is C13H17N3O. The summed E-state index contributed by atoms with van der Waals surface area (Å²) in [5.74, 6) is 0.869. The number of ether oxygens (including phenoxy) is 1. The highest BCUT2D eigenvalue weighted by Crippen LogP contribution is 2.03. The Bertz CT molecular complexity index is 413. The molecule has 0 unspecified atom stereocenters. The lowest BCUT2D eigenvalue weighted by atomic mass is 10.2. The van der Waals surface area contributed by atoms with Gasteiger partial charge >= 0.3 is 0 Å². The highest BCUT2D eigenvalue weighted by atomic mass is 16.5. The molecule has 2 aromatic rings. The van der Waals surface area contributed by atoms with Gasteiger partial charge < -0.3 is 14.6 Å². The van der Waals surface area contributed by atoms with Crippen molar-refractivity contribution in [1.82, 2.24) is 9.97 Å². The number of H-pyrrole nitrogens is 1. The number of nitrogens with zero attached hydrogens (tertiary/aromatic N) is 2. The van der Waals surface area contributed by atoms with Gasteiger partial charge in [0.25, 0.3) is 0 Å². The Morgan fingerprint density at radius 1 is 1.29 bits per heavy atom. The number of aromatic nitrogens is 2. The van der Waals surface area contributed by atoms with Gasteiger partial charge in [-0.2, -0.15) is 0 Å². The van der Waals surface area contributed by atoms with Gasteiger partial charge in [-0.25, -0.2) is 4.98 Å². The summed E-state index contributed by atoms with van der Waals surface area (Å²) in [6.45, 7) is 2.17. The minimum absolute atomic E-state index is 0.660. The molecule has 1 heterocycles. The second-order valence-corrected chi connectivity index (χ2v) is 3.87. The van der Waals surface area contributed by atoms with Gasteiger partial charge in [0.2, 0.25) is 5.95 Å². The van der Waals surface area contributed by atoms with Gasteiger partial charge in [0.15, 0.2) is 0 Å². The SMILES string of the molecule is CN(CCOCc1ccccc1)c1ncc[nH]1. The van der Waals surface area contributed by atoms with Crippen LogP contribution in [0.1, 0.15) is 5.56 Å². The Labute approximate surface area is 101 Å². The highest BCUT2D eigenvalue weighted by molar-refractivity contribution is 5.26. The number of aromatic amines is 1. The zero-order valence-corrected chi connectivity index (χ0v) is 9.97. The fourth-order valence-electron chi connectivity index (χ4n) is 1.54. The average Bonchev–Trinajstić information content (AvgIpc) is 2.89. The van der Waals surface area contributed by atoms with Crippen LogP contribution >= 0.6 is 0 Å². The lowest BCUT2D eigenvalue weighted by Gasteiger charge is -2.15. The molecule has 0 spiro atoms. The molecule has 1 aromatic carbocycles. The molecular weight excluding hydrogens is 214 g/mol. The van der Waals surface area contributed by atoms with Crippen LogP contribution in [0.15, 0.2) is 42.7 Å². The summed E-state index contributed by atoms with van der Waals surface area (Å²) < 4.78 is 5.61. The fraction of sp³-hybridized carbons (Fsp3) is 0.308. The van der Waals surface area contributed by atoms with Gasteiger partial charge in [0, 0.05) is 26.0 Å². The predicted molar refractivity (Wildman–Crippen MR) is 68.0 cm³/mol. The molecule has 90 valence electrons. The van der Waals surface area contributed by atoms with Crippen molar-refractivity contribution in [2.24, 2.45) is 0 Å². The minimum Gasteiger partial charge on any atom is -0.375 e. The van der Waals surface area contributed by atoms with Crippen molar-refractivity contribution in [2.75, 3.05) is 25.1 Å². The third kappa shape index (κ3) is 3.60. The summed E-state index contributed by atoms with van der Waals surface area (Å²) in [5, 5.41) is 0. The van der Waals surface area contributed by atoms with Crippen LogP contribution in [0.25, 0.3) is 0 Å². The lowest BCUT2D eigenvalue weighted by Crippen LogP contribution is -2.23. The largest absolute Gasteiger partial charge is 0.375 e. The molecule has 4 nitrogen and oxygen atoms in total. The predicted octanol–water partition coefficient (Wildman–Crippen LogP) is 2.06. The molecule has 17 heavy (non-hydrogen) atoms. The number of imidazole rings is 1. The Morgan fingerprint density at radius 3 is 2.82 bits per heavy atom. The summed E-state index contributed by atoms with van der Waals surface area (Å²) in [4.78, 5) is 9.26. The van der Waals surface area contributed by atoms with Crippen LogP contribution in [-0.2, 0) is 11.3 Å². The van der Waals surface area contributed by atoms with Crippen molar-refractivity contribution in [1.29, 1.82) is 0 Å². The Hall–Kier alpha value is -1.81. The molecule has 0 atom stereocenters. The first kappa shape index (κ1) is 11.7. The monoisotopic (exact) mass is 231 g/mol. The first-order valence-electron chi connectivity index (χ1n) is 5.68. The maximum absolute atomic E-state index is 5.61. The van der Waals surface area contributed by atoms with E-state index in [4.69, 9.17) is 4.74 Å². The summed E-state index contributed by atoms with van der Waals surface area (Å²) in [6, 6.07) is 10.2. The van der Waals surface area contributed by atoms with Crippen LogP contribution in [0.2, 0.25) is 0 Å². The number of likely N-dealkylation sites (N-methyl/N-ethyl adjacent to an activating group) is 1. The molecule has 0 saturated carbocycles. The fourth-order valence-corrected chi connectivity index (χ4v) is 1.54. The molecule has 0 aliphatic heterocycles. The van der Waals surface area contributed by atoms with Crippen LogP contribution < -0.4 is 4.90 Å². The summed E-state index contributed by atoms with van der Waals surface area (Å²) in [6.07, 6.45) is 3.56. The van der Waals surface area contributed by atoms with Crippen LogP contribution in [0.4, 0.5) is 5.95 Å². The Kier molecular flexibility index (Phi) is 4.16. The topological polar surface area (TPSA) is 41.1 Å². The van der Waals surface area contributed by atoms with Crippen LogP contribution in [0.5, 0.6) is 0 Å². The van der Waals surface area contributed by atoms with Crippen molar-refractivity contribution in [3.63, 3.8) is 0 Å². The van der Waals surface area contributed by atoms with E-state index in [1.807, 2.05) is 36.3 Å². The normalized spacial score (nSPS) is 10.4. The summed E-state index contributed by atoms with van der Waals surface area (Å²) in [5.41, 5.74) is 1.20. The van der Waals surface area contributed by atoms with E-state index >= 15 is 0 Å². The second-order valence-electron chi connectivity index (χ2n) is 3.87. The van der Waals surface area contributed by atoms with E-state index in [0.717, 1.165) is 12.5 Å². The van der Waals surface area contributed by atoms with Gasteiger partial charge in [0.1, 0.15) is 0 Å². The molecule has 0 amide bonds. The zero-order valence-electron chi connectivity index (χ0n) is 9.97. The number of hydrogen-bond acceptors (Lipinski definition) is 3. The quantitative estimate of drug-likeness (QED) is 0.774. The third-order valence-electron chi connectivity index (χ3n) is 2.53. The van der Waals surface area contributed by atoms with Crippen molar-refractivity contribution in [3.05, 3.63) is 48.3 Å². The number of benzene rings is 1. The van der Waals surface area contributed by atoms with E-state index in [-0.39, 0.29) is 0 Å². The van der Waals surface area contributed by atoms with Crippen LogP contribution in [0, 0.1) is 0 Å². The number of anilines is 1. The van der Waals surface area contributed by atoms with Gasteiger partial charge in [-0.05, 0) is 5.56 Å². The number of rotatable bonds is 6.